The van der Waals surface area contributed by atoms with Gasteiger partial charge in [0.25, 0.3) is 0 Å². The van der Waals surface area contributed by atoms with Crippen molar-refractivity contribution < 1.29 is 9.84 Å². The highest BCUT2D eigenvalue weighted by atomic mass is 79.9. The van der Waals surface area contributed by atoms with Crippen LogP contribution >= 0.6 is 31.9 Å². The van der Waals surface area contributed by atoms with Crippen LogP contribution < -0.4 is 10.5 Å². The first-order valence-corrected chi connectivity index (χ1v) is 7.26. The molecule has 0 spiro atoms. The van der Waals surface area contributed by atoms with Gasteiger partial charge in [0.05, 0.1) is 4.47 Å². The second kappa shape index (κ2) is 6.41. The van der Waals surface area contributed by atoms with Gasteiger partial charge in [-0.3, -0.25) is 0 Å². The van der Waals surface area contributed by atoms with Crippen molar-refractivity contribution in [3.8, 4) is 5.75 Å². The van der Waals surface area contributed by atoms with Crippen molar-refractivity contribution in [3.63, 3.8) is 0 Å². The van der Waals surface area contributed by atoms with Crippen LogP contribution in [0.2, 0.25) is 0 Å². The number of ether oxygens (including phenoxy) is 1. The van der Waals surface area contributed by atoms with E-state index in [2.05, 4.69) is 31.9 Å². The van der Waals surface area contributed by atoms with Crippen LogP contribution in [0.3, 0.4) is 0 Å². The predicted molar refractivity (Wildman–Crippen MR) is 83.2 cm³/mol. The maximum absolute atomic E-state index is 10.0. The molecule has 0 saturated heterocycles. The summed E-state index contributed by atoms with van der Waals surface area (Å²) in [5.41, 5.74) is 7.05. The lowest BCUT2D eigenvalue weighted by atomic mass is 10.1. The van der Waals surface area contributed by atoms with E-state index >= 15 is 0 Å². The van der Waals surface area contributed by atoms with Crippen molar-refractivity contribution in [1.29, 1.82) is 0 Å². The first-order chi connectivity index (χ1) is 9.06. The number of aliphatic hydroxyl groups is 1. The molecule has 3 nitrogen and oxygen atoms in total. The summed E-state index contributed by atoms with van der Waals surface area (Å²) in [6, 6.07) is 12.8. The molecular weight excluding hydrogens is 374 g/mol. The van der Waals surface area contributed by atoms with Gasteiger partial charge in [-0.25, -0.2) is 0 Å². The Morgan fingerprint density at radius 2 is 1.95 bits per heavy atom. The lowest BCUT2D eigenvalue weighted by molar-refractivity contribution is 0.108. The van der Waals surface area contributed by atoms with Gasteiger partial charge >= 0.3 is 0 Å². The molecule has 19 heavy (non-hydrogen) atoms. The highest BCUT2D eigenvalue weighted by molar-refractivity contribution is 9.11. The molecule has 0 radical (unpaired) electrons. The fourth-order valence-electron chi connectivity index (χ4n) is 1.62. The highest BCUT2D eigenvalue weighted by Crippen LogP contribution is 2.29. The second-order valence-corrected chi connectivity index (χ2v) is 5.84. The molecule has 0 saturated carbocycles. The second-order valence-electron chi connectivity index (χ2n) is 4.07. The first kappa shape index (κ1) is 14.4. The Morgan fingerprint density at radius 1 is 1.16 bits per heavy atom. The van der Waals surface area contributed by atoms with Gasteiger partial charge in [-0.15, -0.1) is 0 Å². The lowest BCUT2D eigenvalue weighted by Gasteiger charge is -2.14. The van der Waals surface area contributed by atoms with Gasteiger partial charge in [0.2, 0.25) is 0 Å². The minimum atomic E-state index is -0.709. The molecule has 0 heterocycles. The van der Waals surface area contributed by atoms with E-state index in [-0.39, 0.29) is 6.61 Å². The standard InChI is InChI=1S/C14H13Br2NO2/c15-10-4-5-14(12(16)7-10)19-8-13(18)9-2-1-3-11(17)6-9/h1-7,13,18H,8,17H2. The summed E-state index contributed by atoms with van der Waals surface area (Å²) in [7, 11) is 0. The molecule has 3 N–H and O–H groups in total. The summed E-state index contributed by atoms with van der Waals surface area (Å²) >= 11 is 6.78. The number of hydrogen-bond donors (Lipinski definition) is 2. The van der Waals surface area contributed by atoms with E-state index in [1.165, 1.54) is 0 Å². The van der Waals surface area contributed by atoms with Crippen LogP contribution in [0.1, 0.15) is 11.7 Å². The van der Waals surface area contributed by atoms with Crippen molar-refractivity contribution >= 4 is 37.5 Å². The predicted octanol–water partition coefficient (Wildman–Crippen LogP) is 3.91. The van der Waals surface area contributed by atoms with Gasteiger partial charge in [-0.05, 0) is 51.8 Å². The molecule has 0 amide bonds. The fourth-order valence-corrected chi connectivity index (χ4v) is 2.79. The molecule has 5 heteroatoms. The Balaban J connectivity index is 2.02. The topological polar surface area (TPSA) is 55.5 Å². The molecule has 1 atom stereocenters. The molecule has 0 aliphatic heterocycles. The highest BCUT2D eigenvalue weighted by Gasteiger charge is 2.10. The van der Waals surface area contributed by atoms with Crippen LogP contribution in [0.15, 0.2) is 51.4 Å². The summed E-state index contributed by atoms with van der Waals surface area (Å²) < 4.78 is 7.39. The monoisotopic (exact) mass is 385 g/mol. The minimum absolute atomic E-state index is 0.170. The van der Waals surface area contributed by atoms with E-state index in [1.54, 1.807) is 12.1 Å². The number of nitrogen functional groups attached to an aromatic ring is 1. The third-order valence-electron chi connectivity index (χ3n) is 2.59. The van der Waals surface area contributed by atoms with Gasteiger partial charge in [0, 0.05) is 10.2 Å². The van der Waals surface area contributed by atoms with E-state index in [0.717, 1.165) is 14.5 Å². The van der Waals surface area contributed by atoms with Crippen LogP contribution in [-0.2, 0) is 0 Å². The quantitative estimate of drug-likeness (QED) is 0.783. The SMILES string of the molecule is Nc1cccc(C(O)COc2ccc(Br)cc2Br)c1. The van der Waals surface area contributed by atoms with E-state index in [9.17, 15) is 5.11 Å². The molecule has 0 aliphatic rings. The van der Waals surface area contributed by atoms with E-state index < -0.39 is 6.10 Å². The van der Waals surface area contributed by atoms with Crippen LogP contribution in [-0.4, -0.2) is 11.7 Å². The zero-order valence-electron chi connectivity index (χ0n) is 10.0. The molecule has 2 aromatic carbocycles. The zero-order valence-corrected chi connectivity index (χ0v) is 13.2. The van der Waals surface area contributed by atoms with Gasteiger partial charge in [-0.2, -0.15) is 0 Å². The van der Waals surface area contributed by atoms with E-state index in [0.29, 0.717) is 11.4 Å². The van der Waals surface area contributed by atoms with Crippen molar-refractivity contribution in [3.05, 3.63) is 57.0 Å². The number of nitrogens with two attached hydrogens (primary N) is 1. The molecule has 0 bridgehead atoms. The molecular formula is C14H13Br2NO2. The third-order valence-corrected chi connectivity index (χ3v) is 3.70. The van der Waals surface area contributed by atoms with Gasteiger partial charge in [0.15, 0.2) is 0 Å². The Bertz CT molecular complexity index is 575. The van der Waals surface area contributed by atoms with Gasteiger partial charge in [0.1, 0.15) is 18.5 Å². The number of aliphatic hydroxyl groups excluding tert-OH is 1. The average molecular weight is 387 g/mol. The maximum Gasteiger partial charge on any atom is 0.133 e. The normalized spacial score (nSPS) is 12.2. The third kappa shape index (κ3) is 3.96. The number of benzene rings is 2. The van der Waals surface area contributed by atoms with Crippen molar-refractivity contribution in [2.24, 2.45) is 0 Å². The van der Waals surface area contributed by atoms with Crippen LogP contribution in [0.4, 0.5) is 5.69 Å². The Labute approximate surface area is 128 Å². The van der Waals surface area contributed by atoms with Crippen LogP contribution in [0, 0.1) is 0 Å². The van der Waals surface area contributed by atoms with Crippen molar-refractivity contribution in [1.82, 2.24) is 0 Å². The zero-order chi connectivity index (χ0) is 13.8. The van der Waals surface area contributed by atoms with Crippen molar-refractivity contribution in [2.75, 3.05) is 12.3 Å². The smallest absolute Gasteiger partial charge is 0.133 e. The maximum atomic E-state index is 10.0. The lowest BCUT2D eigenvalue weighted by Crippen LogP contribution is -2.10. The summed E-state index contributed by atoms with van der Waals surface area (Å²) in [6.45, 7) is 0.170. The molecule has 100 valence electrons. The summed E-state index contributed by atoms with van der Waals surface area (Å²) in [5.74, 6) is 0.686. The minimum Gasteiger partial charge on any atom is -0.489 e. The number of rotatable bonds is 4. The van der Waals surface area contributed by atoms with Gasteiger partial charge < -0.3 is 15.6 Å². The average Bonchev–Trinajstić information content (AvgIpc) is 2.37. The molecule has 0 aliphatic carbocycles. The van der Waals surface area contributed by atoms with Crippen LogP contribution in [0.25, 0.3) is 0 Å². The molecule has 1 unspecified atom stereocenters. The molecule has 2 aromatic rings. The molecule has 2 rings (SSSR count). The van der Waals surface area contributed by atoms with E-state index in [1.807, 2.05) is 30.3 Å². The van der Waals surface area contributed by atoms with Crippen molar-refractivity contribution in [2.45, 2.75) is 6.10 Å². The summed E-state index contributed by atoms with van der Waals surface area (Å²) in [5, 5.41) is 10.0. The summed E-state index contributed by atoms with van der Waals surface area (Å²) in [6.07, 6.45) is -0.709. The molecule has 0 fully saturated rings. The Kier molecular flexibility index (Phi) is 4.85. The first-order valence-electron chi connectivity index (χ1n) is 5.67. The number of hydrogen-bond acceptors (Lipinski definition) is 3. The Hall–Kier alpha value is -1.04. The van der Waals surface area contributed by atoms with E-state index in [4.69, 9.17) is 10.5 Å². The van der Waals surface area contributed by atoms with Crippen LogP contribution in [0.5, 0.6) is 5.75 Å². The molecule has 0 aromatic heterocycles. The Morgan fingerprint density at radius 3 is 2.63 bits per heavy atom. The number of halogens is 2. The fraction of sp³-hybridized carbons (Fsp3) is 0.143. The number of anilines is 1. The summed E-state index contributed by atoms with van der Waals surface area (Å²) in [4.78, 5) is 0. The van der Waals surface area contributed by atoms with Gasteiger partial charge in [-0.1, -0.05) is 28.1 Å². The largest absolute Gasteiger partial charge is 0.489 e.